The molecule has 0 saturated heterocycles. The van der Waals surface area contributed by atoms with Gasteiger partial charge in [0.15, 0.2) is 58.2 Å². The van der Waals surface area contributed by atoms with Crippen molar-refractivity contribution in [2.24, 2.45) is 0 Å². The Bertz CT molecular complexity index is 1110. The van der Waals surface area contributed by atoms with E-state index in [0.717, 1.165) is 6.32 Å². The number of hydrogen-bond acceptors (Lipinski definition) is 0. The number of halogens is 10. The Morgan fingerprint density at radius 2 is 0.857 bits per heavy atom. The minimum atomic E-state index is -2.66. The lowest BCUT2D eigenvalue weighted by Gasteiger charge is -2.40. The van der Waals surface area contributed by atoms with Crippen LogP contribution in [0.1, 0.15) is 0 Å². The van der Waals surface area contributed by atoms with Gasteiger partial charge in [0, 0.05) is 0 Å². The summed E-state index contributed by atoms with van der Waals surface area (Å²) in [6.45, 7) is 7.87. The zero-order chi connectivity index (χ0) is 27.2. The molecule has 0 unspecified atom stereocenters. The Morgan fingerprint density at radius 3 is 1.11 bits per heavy atom. The monoisotopic (exact) mass is 540 g/mol. The molecule has 0 N–H and O–H groups in total. The normalized spacial score (nSPS) is 11.9. The average Bonchev–Trinajstić information content (AvgIpc) is 2.74. The average molecular weight is 540 g/mol. The van der Waals surface area contributed by atoms with Crippen molar-refractivity contribution < 1.29 is 43.9 Å². The molecule has 0 aliphatic carbocycles. The maximum Gasteiger partial charge on any atom is 0.200 e. The molecule has 0 fully saturated rings. The number of allylic oxidation sites excluding steroid dienone is 1. The molecule has 0 saturated carbocycles. The van der Waals surface area contributed by atoms with Crippen LogP contribution in [0.3, 0.4) is 0 Å². The van der Waals surface area contributed by atoms with E-state index in [0.29, 0.717) is 0 Å². The first-order valence-corrected chi connectivity index (χ1v) is 17.1. The van der Waals surface area contributed by atoms with Gasteiger partial charge in [-0.1, -0.05) is 39.3 Å². The van der Waals surface area contributed by atoms with Gasteiger partial charge in [0.25, 0.3) is 0 Å². The zero-order valence-corrected chi connectivity index (χ0v) is 21.4. The van der Waals surface area contributed by atoms with Crippen LogP contribution in [-0.2, 0) is 0 Å². The van der Waals surface area contributed by atoms with Crippen molar-refractivity contribution in [3.63, 3.8) is 0 Å². The van der Waals surface area contributed by atoms with Crippen molar-refractivity contribution in [2.75, 3.05) is 0 Å². The highest BCUT2D eigenvalue weighted by atomic mass is 28.3. The maximum atomic E-state index is 14.7. The predicted molar refractivity (Wildman–Crippen MR) is 119 cm³/mol. The molecule has 0 atom stereocenters. The maximum absolute atomic E-state index is 14.7. The smallest absolute Gasteiger partial charge is 0.200 e. The van der Waals surface area contributed by atoms with Crippen LogP contribution in [-0.4, -0.2) is 22.9 Å². The van der Waals surface area contributed by atoms with Crippen LogP contribution in [0, 0.1) is 70.2 Å². The van der Waals surface area contributed by atoms with Crippen molar-refractivity contribution in [3.8, 4) is 0 Å². The van der Waals surface area contributed by atoms with Crippen LogP contribution in [0.5, 0.6) is 0 Å². The second-order valence-electron chi connectivity index (χ2n) is 9.78. The minimum Gasteiger partial charge on any atom is -0.559 e. The SMILES string of the molecule is C[Si](C)(C)[C-]=C=C([CH-]B(c1c(F)c(F)c(F)c(F)c1F)c1c(F)c(F)c(F)c(F)c1F)[Si](C)(C)C. The lowest BCUT2D eigenvalue weighted by molar-refractivity contribution is 0.382. The first-order valence-electron chi connectivity index (χ1n) is 10.1. The lowest BCUT2D eigenvalue weighted by Crippen LogP contribution is -2.52. The molecular weight excluding hydrogens is 521 g/mol. The Balaban J connectivity index is 3.06. The zero-order valence-electron chi connectivity index (χ0n) is 19.4. The molecule has 0 bridgehead atoms. The molecule has 0 amide bonds. The van der Waals surface area contributed by atoms with Crippen LogP contribution in [0.25, 0.3) is 0 Å². The van der Waals surface area contributed by atoms with Crippen LogP contribution in [0.4, 0.5) is 43.9 Å². The summed E-state index contributed by atoms with van der Waals surface area (Å²) in [5.41, 5.74) is 2.14. The summed E-state index contributed by atoms with van der Waals surface area (Å²) in [4.78, 5) is 0. The van der Waals surface area contributed by atoms with E-state index in [1.54, 1.807) is 19.6 Å². The van der Waals surface area contributed by atoms with Gasteiger partial charge in [-0.3, -0.25) is 0 Å². The quantitative estimate of drug-likeness (QED) is 0.104. The van der Waals surface area contributed by atoms with Crippen molar-refractivity contribution in [1.29, 1.82) is 0 Å². The second-order valence-corrected chi connectivity index (χ2v) is 19.6. The highest BCUT2D eigenvalue weighted by Crippen LogP contribution is 2.25. The highest BCUT2D eigenvalue weighted by Gasteiger charge is 2.36. The van der Waals surface area contributed by atoms with Gasteiger partial charge in [-0.05, 0) is 27.1 Å². The highest BCUT2D eigenvalue weighted by molar-refractivity contribution is 6.93. The summed E-state index contributed by atoms with van der Waals surface area (Å²) in [7, 11) is -4.78. The van der Waals surface area contributed by atoms with Gasteiger partial charge in [0.1, 0.15) is 6.71 Å². The molecule has 0 spiro atoms. The third-order valence-corrected chi connectivity index (χ3v) is 7.61. The van der Waals surface area contributed by atoms with E-state index in [9.17, 15) is 43.9 Å². The molecule has 0 aliphatic heterocycles. The molecule has 35 heavy (non-hydrogen) atoms. The molecular formula is C22H19BF10Si2-2. The van der Waals surface area contributed by atoms with E-state index in [4.69, 9.17) is 0 Å². The fourth-order valence-corrected chi connectivity index (χ4v) is 4.74. The van der Waals surface area contributed by atoms with Crippen molar-refractivity contribution in [1.82, 2.24) is 0 Å². The third-order valence-electron chi connectivity index (χ3n) is 4.82. The standard InChI is InChI=1S/C22H19BF10Si2/c1-34(2,3)8-7-10(35(4,5)6)9-23(11-13(24)17(28)21(32)18(29)14(11)25)12-15(26)19(30)22(33)20(31)16(12)27/h9H,1-6H3/q-2. The van der Waals surface area contributed by atoms with Gasteiger partial charge in [-0.25, -0.2) is 43.9 Å². The molecule has 2 aromatic rings. The first-order chi connectivity index (χ1) is 15.8. The van der Waals surface area contributed by atoms with Crippen LogP contribution < -0.4 is 10.9 Å². The molecule has 0 heterocycles. The molecule has 0 aliphatic rings. The number of hydrogen-bond donors (Lipinski definition) is 0. The van der Waals surface area contributed by atoms with Crippen LogP contribution in [0.15, 0.2) is 10.9 Å². The second kappa shape index (κ2) is 9.94. The van der Waals surface area contributed by atoms with Gasteiger partial charge in [0.2, 0.25) is 0 Å². The summed E-state index contributed by atoms with van der Waals surface area (Å²) < 4.78 is 142. The van der Waals surface area contributed by atoms with Gasteiger partial charge in [-0.2, -0.15) is 0 Å². The molecule has 2 rings (SSSR count). The van der Waals surface area contributed by atoms with E-state index in [2.05, 4.69) is 11.4 Å². The Kier molecular flexibility index (Phi) is 8.20. The van der Waals surface area contributed by atoms with Crippen molar-refractivity contribution in [3.05, 3.63) is 81.1 Å². The van der Waals surface area contributed by atoms with E-state index in [1.165, 1.54) is 0 Å². The molecule has 2 aromatic carbocycles. The fourth-order valence-electron chi connectivity index (χ4n) is 3.00. The molecule has 0 aromatic heterocycles. The van der Waals surface area contributed by atoms with Crippen LogP contribution in [0.2, 0.25) is 39.3 Å². The summed E-state index contributed by atoms with van der Waals surface area (Å²) in [6, 6.07) is 0. The van der Waals surface area contributed by atoms with Crippen molar-refractivity contribution >= 4 is 33.8 Å². The lowest BCUT2D eigenvalue weighted by atomic mass is 9.38. The summed E-state index contributed by atoms with van der Waals surface area (Å²) in [5.74, 6) is -24.8. The van der Waals surface area contributed by atoms with E-state index < -0.39 is 92.0 Å². The Hall–Kier alpha value is -2.37. The molecule has 13 heteroatoms. The summed E-state index contributed by atoms with van der Waals surface area (Å²) >= 11 is 0. The predicted octanol–water partition coefficient (Wildman–Crippen LogP) is 6.07. The van der Waals surface area contributed by atoms with Crippen LogP contribution >= 0.6 is 0 Å². The van der Waals surface area contributed by atoms with Crippen molar-refractivity contribution in [2.45, 2.75) is 39.3 Å². The minimum absolute atomic E-state index is 0.0535. The molecule has 0 radical (unpaired) electrons. The van der Waals surface area contributed by atoms with E-state index >= 15 is 0 Å². The van der Waals surface area contributed by atoms with E-state index in [1.807, 2.05) is 19.6 Å². The summed E-state index contributed by atoms with van der Waals surface area (Å²) in [5, 5.41) is 0.0535. The number of benzene rings is 2. The summed E-state index contributed by atoms with van der Waals surface area (Å²) in [6.07, 6.45) is 0.718. The van der Waals surface area contributed by atoms with E-state index in [-0.39, 0.29) is 5.20 Å². The number of rotatable bonds is 6. The largest absolute Gasteiger partial charge is 0.559 e. The van der Waals surface area contributed by atoms with Gasteiger partial charge in [-0.15, -0.1) is 0 Å². The molecule has 0 nitrogen and oxygen atoms in total. The first kappa shape index (κ1) is 28.9. The molecule has 190 valence electrons. The fraction of sp³-hybridized carbons (Fsp3) is 0.273. The topological polar surface area (TPSA) is 0 Å². The van der Waals surface area contributed by atoms with Gasteiger partial charge in [0.05, 0.1) is 0 Å². The Morgan fingerprint density at radius 1 is 0.571 bits per heavy atom. The van der Waals surface area contributed by atoms with Gasteiger partial charge < -0.3 is 22.9 Å². The Labute approximate surface area is 198 Å². The van der Waals surface area contributed by atoms with Gasteiger partial charge >= 0.3 is 0 Å². The third kappa shape index (κ3) is 5.73.